The van der Waals surface area contributed by atoms with Crippen molar-refractivity contribution in [1.29, 1.82) is 0 Å². The van der Waals surface area contributed by atoms with Gasteiger partial charge in [0.05, 0.1) is 4.88 Å². The van der Waals surface area contributed by atoms with Gasteiger partial charge in [-0.25, -0.2) is 4.98 Å². The molecular weight excluding hydrogens is 254 g/mol. The van der Waals surface area contributed by atoms with E-state index >= 15 is 0 Å². The summed E-state index contributed by atoms with van der Waals surface area (Å²) in [5.41, 5.74) is 1.04. The number of carbonyl (C=O) groups is 1. The van der Waals surface area contributed by atoms with Gasteiger partial charge in [0.2, 0.25) is 0 Å². The average molecular weight is 266 g/mol. The Bertz CT molecular complexity index is 531. The van der Waals surface area contributed by atoms with Crippen molar-refractivity contribution < 1.29 is 4.79 Å². The second-order valence-electron chi connectivity index (χ2n) is 4.06. The minimum atomic E-state index is -0.0146. The molecule has 0 saturated heterocycles. The summed E-state index contributed by atoms with van der Waals surface area (Å²) in [6, 6.07) is 7.53. The van der Waals surface area contributed by atoms with Crippen molar-refractivity contribution >= 4 is 28.7 Å². The van der Waals surface area contributed by atoms with E-state index in [1.54, 1.807) is 6.20 Å². The van der Waals surface area contributed by atoms with E-state index in [0.717, 1.165) is 10.4 Å². The quantitative estimate of drug-likeness (QED) is 0.775. The van der Waals surface area contributed by atoms with Crippen molar-refractivity contribution in [3.63, 3.8) is 0 Å². The number of hydrogen-bond donors (Lipinski definition) is 0. The number of rotatable bonds is 3. The van der Waals surface area contributed by atoms with Gasteiger partial charge in [0, 0.05) is 17.1 Å². The van der Waals surface area contributed by atoms with Crippen LogP contribution in [0.25, 0.3) is 10.4 Å². The van der Waals surface area contributed by atoms with Gasteiger partial charge < -0.3 is 0 Å². The number of Topliss-reactive ketones (excluding diaryl/α,β-unsaturated/α-hetero) is 1. The molecule has 0 N–H and O–H groups in total. The smallest absolute Gasteiger partial charge is 0.193 e. The van der Waals surface area contributed by atoms with Crippen LogP contribution in [0.4, 0.5) is 0 Å². The summed E-state index contributed by atoms with van der Waals surface area (Å²) in [6.45, 7) is 3.76. The Morgan fingerprint density at radius 2 is 1.94 bits per heavy atom. The van der Waals surface area contributed by atoms with E-state index in [0.29, 0.717) is 10.0 Å². The minimum absolute atomic E-state index is 0.0146. The SMILES string of the molecule is CC(C)C(=O)c1ncc(-c2ccc(Cl)cc2)s1. The molecule has 4 heteroatoms. The van der Waals surface area contributed by atoms with Gasteiger partial charge in [0.1, 0.15) is 0 Å². The molecule has 0 aliphatic heterocycles. The number of aromatic nitrogens is 1. The number of hydrogen-bond acceptors (Lipinski definition) is 3. The van der Waals surface area contributed by atoms with Crippen LogP contribution in [0.1, 0.15) is 23.6 Å². The zero-order chi connectivity index (χ0) is 12.4. The van der Waals surface area contributed by atoms with Gasteiger partial charge in [0.15, 0.2) is 10.8 Å². The van der Waals surface area contributed by atoms with Crippen molar-refractivity contribution in [2.75, 3.05) is 0 Å². The van der Waals surface area contributed by atoms with Gasteiger partial charge in [-0.2, -0.15) is 0 Å². The van der Waals surface area contributed by atoms with Crippen LogP contribution in [-0.2, 0) is 0 Å². The summed E-state index contributed by atoms with van der Waals surface area (Å²) in [6.07, 6.45) is 1.74. The van der Waals surface area contributed by atoms with Crippen LogP contribution in [0, 0.1) is 5.92 Å². The van der Waals surface area contributed by atoms with Gasteiger partial charge in [-0.3, -0.25) is 4.79 Å². The number of carbonyl (C=O) groups excluding carboxylic acids is 1. The summed E-state index contributed by atoms with van der Waals surface area (Å²) in [5.74, 6) is 0.0782. The Balaban J connectivity index is 2.30. The maximum absolute atomic E-state index is 11.8. The fraction of sp³-hybridized carbons (Fsp3) is 0.231. The van der Waals surface area contributed by atoms with Crippen LogP contribution in [-0.4, -0.2) is 10.8 Å². The lowest BCUT2D eigenvalue weighted by Crippen LogP contribution is -2.06. The van der Waals surface area contributed by atoms with Crippen LogP contribution in [0.2, 0.25) is 5.02 Å². The van der Waals surface area contributed by atoms with E-state index < -0.39 is 0 Å². The molecule has 1 aromatic heterocycles. The average Bonchev–Trinajstić information content (AvgIpc) is 2.78. The third kappa shape index (κ3) is 2.73. The molecule has 0 atom stereocenters. The molecule has 88 valence electrons. The van der Waals surface area contributed by atoms with Gasteiger partial charge in [0.25, 0.3) is 0 Å². The molecule has 0 aliphatic carbocycles. The highest BCUT2D eigenvalue weighted by Crippen LogP contribution is 2.28. The van der Waals surface area contributed by atoms with Crippen molar-refractivity contribution in [1.82, 2.24) is 4.98 Å². The zero-order valence-electron chi connectivity index (χ0n) is 9.61. The summed E-state index contributed by atoms with van der Waals surface area (Å²) >= 11 is 7.25. The third-order valence-electron chi connectivity index (χ3n) is 2.37. The first-order valence-electron chi connectivity index (χ1n) is 5.34. The molecule has 0 radical (unpaired) electrons. The largest absolute Gasteiger partial charge is 0.291 e. The molecule has 0 fully saturated rings. The lowest BCUT2D eigenvalue weighted by Gasteiger charge is -1.98. The molecule has 1 heterocycles. The van der Waals surface area contributed by atoms with Crippen molar-refractivity contribution in [2.45, 2.75) is 13.8 Å². The van der Waals surface area contributed by atoms with Crippen LogP contribution < -0.4 is 0 Å². The molecule has 2 aromatic rings. The Kier molecular flexibility index (Phi) is 3.60. The summed E-state index contributed by atoms with van der Waals surface area (Å²) in [5, 5.41) is 1.28. The predicted molar refractivity (Wildman–Crippen MR) is 71.7 cm³/mol. The number of ketones is 1. The standard InChI is InChI=1S/C13H12ClNOS/c1-8(2)12(16)13-15-7-11(17-13)9-3-5-10(14)6-4-9/h3-8H,1-2H3. The predicted octanol–water partition coefficient (Wildman–Crippen LogP) is 4.30. The second-order valence-corrected chi connectivity index (χ2v) is 5.52. The van der Waals surface area contributed by atoms with E-state index in [2.05, 4.69) is 4.98 Å². The summed E-state index contributed by atoms with van der Waals surface area (Å²) in [7, 11) is 0. The van der Waals surface area contributed by atoms with Crippen LogP contribution >= 0.6 is 22.9 Å². The monoisotopic (exact) mass is 265 g/mol. The number of benzene rings is 1. The fourth-order valence-corrected chi connectivity index (χ4v) is 2.52. The van der Waals surface area contributed by atoms with Crippen LogP contribution in [0.15, 0.2) is 30.5 Å². The molecule has 0 bridgehead atoms. The Hall–Kier alpha value is -1.19. The Labute approximate surface area is 109 Å². The van der Waals surface area contributed by atoms with E-state index in [4.69, 9.17) is 11.6 Å². The highest BCUT2D eigenvalue weighted by molar-refractivity contribution is 7.17. The van der Waals surface area contributed by atoms with Crippen LogP contribution in [0.3, 0.4) is 0 Å². The summed E-state index contributed by atoms with van der Waals surface area (Å²) in [4.78, 5) is 16.9. The van der Waals surface area contributed by atoms with E-state index in [1.165, 1.54) is 11.3 Å². The molecule has 0 unspecified atom stereocenters. The number of halogens is 1. The van der Waals surface area contributed by atoms with Gasteiger partial charge >= 0.3 is 0 Å². The highest BCUT2D eigenvalue weighted by atomic mass is 35.5. The first-order chi connectivity index (χ1) is 8.08. The van der Waals surface area contributed by atoms with Gasteiger partial charge in [-0.15, -0.1) is 11.3 Å². The van der Waals surface area contributed by atoms with E-state index in [1.807, 2.05) is 38.1 Å². The van der Waals surface area contributed by atoms with E-state index in [-0.39, 0.29) is 11.7 Å². The molecule has 0 aliphatic rings. The molecule has 0 spiro atoms. The van der Waals surface area contributed by atoms with Crippen molar-refractivity contribution in [2.24, 2.45) is 5.92 Å². The Morgan fingerprint density at radius 3 is 2.53 bits per heavy atom. The minimum Gasteiger partial charge on any atom is -0.291 e. The molecule has 2 nitrogen and oxygen atoms in total. The first-order valence-corrected chi connectivity index (χ1v) is 6.53. The number of thiazole rings is 1. The highest BCUT2D eigenvalue weighted by Gasteiger charge is 2.15. The maximum Gasteiger partial charge on any atom is 0.193 e. The third-order valence-corrected chi connectivity index (χ3v) is 3.68. The van der Waals surface area contributed by atoms with Gasteiger partial charge in [-0.05, 0) is 17.7 Å². The lowest BCUT2D eigenvalue weighted by atomic mass is 10.1. The lowest BCUT2D eigenvalue weighted by molar-refractivity contribution is 0.0939. The van der Waals surface area contributed by atoms with Gasteiger partial charge in [-0.1, -0.05) is 37.6 Å². The fourth-order valence-electron chi connectivity index (χ4n) is 1.38. The normalized spacial score (nSPS) is 10.8. The van der Waals surface area contributed by atoms with Crippen LogP contribution in [0.5, 0.6) is 0 Å². The molecule has 1 aromatic carbocycles. The van der Waals surface area contributed by atoms with E-state index in [9.17, 15) is 4.79 Å². The molecule has 0 saturated carbocycles. The first kappa shape index (κ1) is 12.3. The molecular formula is C13H12ClNOS. The second kappa shape index (κ2) is 4.98. The number of nitrogens with zero attached hydrogens (tertiary/aromatic N) is 1. The van der Waals surface area contributed by atoms with Crippen molar-refractivity contribution in [3.8, 4) is 10.4 Å². The van der Waals surface area contributed by atoms with Crippen molar-refractivity contribution in [3.05, 3.63) is 40.5 Å². The maximum atomic E-state index is 11.8. The topological polar surface area (TPSA) is 30.0 Å². The molecule has 17 heavy (non-hydrogen) atoms. The molecule has 2 rings (SSSR count). The Morgan fingerprint density at radius 1 is 1.29 bits per heavy atom. The summed E-state index contributed by atoms with van der Waals surface area (Å²) < 4.78 is 0. The zero-order valence-corrected chi connectivity index (χ0v) is 11.2. The molecule has 0 amide bonds.